The van der Waals surface area contributed by atoms with Crippen LogP contribution in [0, 0.1) is 6.92 Å². The molecule has 1 aromatic heterocycles. The SMILES string of the molecule is Cc1nn(CCC(=O)N2Cc3ccccc3C2)c2ccccc12. The lowest BCUT2D eigenvalue weighted by Crippen LogP contribution is -2.26. The Hall–Kier alpha value is -2.62. The molecule has 1 aliphatic heterocycles. The summed E-state index contributed by atoms with van der Waals surface area (Å²) in [5, 5.41) is 5.73. The molecule has 4 nitrogen and oxygen atoms in total. The summed E-state index contributed by atoms with van der Waals surface area (Å²) in [5.74, 6) is 0.193. The van der Waals surface area contributed by atoms with Gasteiger partial charge in [-0.15, -0.1) is 0 Å². The number of para-hydroxylation sites is 1. The van der Waals surface area contributed by atoms with Crippen LogP contribution in [0.25, 0.3) is 10.9 Å². The highest BCUT2D eigenvalue weighted by Crippen LogP contribution is 2.23. The lowest BCUT2D eigenvalue weighted by atomic mass is 10.1. The first kappa shape index (κ1) is 14.0. The van der Waals surface area contributed by atoms with Gasteiger partial charge in [-0.25, -0.2) is 0 Å². The van der Waals surface area contributed by atoms with Crippen molar-refractivity contribution in [1.29, 1.82) is 0 Å². The third-order valence-electron chi connectivity index (χ3n) is 4.57. The third kappa shape index (κ3) is 2.50. The van der Waals surface area contributed by atoms with Gasteiger partial charge in [0.15, 0.2) is 0 Å². The average Bonchev–Trinajstić information content (AvgIpc) is 3.15. The molecular formula is C19H19N3O. The molecule has 2 aromatic carbocycles. The second kappa shape index (κ2) is 5.54. The van der Waals surface area contributed by atoms with Crippen molar-refractivity contribution < 1.29 is 4.79 Å². The topological polar surface area (TPSA) is 38.1 Å². The summed E-state index contributed by atoms with van der Waals surface area (Å²) in [5.41, 5.74) is 4.65. The van der Waals surface area contributed by atoms with Crippen LogP contribution in [0.4, 0.5) is 0 Å². The highest BCUT2D eigenvalue weighted by atomic mass is 16.2. The molecule has 3 aromatic rings. The van der Waals surface area contributed by atoms with E-state index in [9.17, 15) is 4.79 Å². The highest BCUT2D eigenvalue weighted by Gasteiger charge is 2.22. The summed E-state index contributed by atoms with van der Waals surface area (Å²) < 4.78 is 1.95. The van der Waals surface area contributed by atoms with Crippen molar-refractivity contribution in [2.24, 2.45) is 0 Å². The van der Waals surface area contributed by atoms with Crippen molar-refractivity contribution in [1.82, 2.24) is 14.7 Å². The molecule has 0 spiro atoms. The second-order valence-electron chi connectivity index (χ2n) is 6.09. The number of hydrogen-bond donors (Lipinski definition) is 0. The minimum atomic E-state index is 0.193. The number of benzene rings is 2. The molecule has 23 heavy (non-hydrogen) atoms. The van der Waals surface area contributed by atoms with Crippen molar-refractivity contribution in [3.05, 3.63) is 65.4 Å². The van der Waals surface area contributed by atoms with E-state index < -0.39 is 0 Å². The van der Waals surface area contributed by atoms with Gasteiger partial charge in [-0.1, -0.05) is 42.5 Å². The van der Waals surface area contributed by atoms with E-state index in [0.717, 1.165) is 29.7 Å². The number of nitrogens with zero attached hydrogens (tertiary/aromatic N) is 3. The van der Waals surface area contributed by atoms with E-state index >= 15 is 0 Å². The fourth-order valence-electron chi connectivity index (χ4n) is 3.33. The Labute approximate surface area is 135 Å². The van der Waals surface area contributed by atoms with E-state index in [1.54, 1.807) is 0 Å². The molecule has 0 saturated carbocycles. The van der Waals surface area contributed by atoms with Gasteiger partial charge in [0.05, 0.1) is 17.8 Å². The summed E-state index contributed by atoms with van der Waals surface area (Å²) >= 11 is 0. The van der Waals surface area contributed by atoms with Gasteiger partial charge >= 0.3 is 0 Å². The molecule has 1 aliphatic rings. The lowest BCUT2D eigenvalue weighted by molar-refractivity contribution is -0.132. The summed E-state index contributed by atoms with van der Waals surface area (Å²) in [6, 6.07) is 16.4. The first-order valence-corrected chi connectivity index (χ1v) is 7.99. The highest BCUT2D eigenvalue weighted by molar-refractivity contribution is 5.82. The summed E-state index contributed by atoms with van der Waals surface area (Å²) in [6.45, 7) is 4.10. The van der Waals surface area contributed by atoms with E-state index in [1.807, 2.05) is 40.8 Å². The minimum Gasteiger partial charge on any atom is -0.334 e. The Bertz CT molecular complexity index is 856. The van der Waals surface area contributed by atoms with Gasteiger partial charge in [-0.05, 0) is 24.1 Å². The first-order chi connectivity index (χ1) is 11.2. The van der Waals surface area contributed by atoms with E-state index in [0.29, 0.717) is 13.0 Å². The van der Waals surface area contributed by atoms with Gasteiger partial charge in [0, 0.05) is 24.9 Å². The number of hydrogen-bond acceptors (Lipinski definition) is 2. The molecule has 4 rings (SSSR count). The first-order valence-electron chi connectivity index (χ1n) is 7.99. The van der Waals surface area contributed by atoms with Crippen molar-refractivity contribution in [2.45, 2.75) is 33.0 Å². The van der Waals surface area contributed by atoms with Gasteiger partial charge in [0.1, 0.15) is 0 Å². The summed E-state index contributed by atoms with van der Waals surface area (Å²) in [7, 11) is 0. The monoisotopic (exact) mass is 305 g/mol. The van der Waals surface area contributed by atoms with Crippen molar-refractivity contribution >= 4 is 16.8 Å². The zero-order valence-electron chi connectivity index (χ0n) is 13.2. The van der Waals surface area contributed by atoms with Crippen LogP contribution >= 0.6 is 0 Å². The van der Waals surface area contributed by atoms with Gasteiger partial charge in [0.2, 0.25) is 5.91 Å². The number of carbonyl (C=O) groups excluding carboxylic acids is 1. The van der Waals surface area contributed by atoms with E-state index in [-0.39, 0.29) is 5.91 Å². The fourth-order valence-corrected chi connectivity index (χ4v) is 3.33. The molecule has 0 unspecified atom stereocenters. The maximum absolute atomic E-state index is 12.5. The number of aromatic nitrogens is 2. The van der Waals surface area contributed by atoms with Crippen molar-refractivity contribution in [2.75, 3.05) is 0 Å². The Balaban J connectivity index is 1.46. The second-order valence-corrected chi connectivity index (χ2v) is 6.09. The molecule has 0 N–H and O–H groups in total. The van der Waals surface area contributed by atoms with Crippen LogP contribution in [0.5, 0.6) is 0 Å². The van der Waals surface area contributed by atoms with Crippen LogP contribution < -0.4 is 0 Å². The van der Waals surface area contributed by atoms with Gasteiger partial charge in [-0.3, -0.25) is 9.48 Å². The van der Waals surface area contributed by atoms with Crippen LogP contribution in [-0.4, -0.2) is 20.6 Å². The molecular weight excluding hydrogens is 286 g/mol. The average molecular weight is 305 g/mol. The Morgan fingerprint density at radius 3 is 2.43 bits per heavy atom. The third-order valence-corrected chi connectivity index (χ3v) is 4.57. The molecule has 1 amide bonds. The predicted molar refractivity (Wildman–Crippen MR) is 89.8 cm³/mol. The van der Waals surface area contributed by atoms with Crippen LogP contribution in [0.1, 0.15) is 23.2 Å². The summed E-state index contributed by atoms with van der Waals surface area (Å²) in [6.07, 6.45) is 0.485. The number of fused-ring (bicyclic) bond motifs is 2. The minimum absolute atomic E-state index is 0.193. The standard InChI is InChI=1S/C19H19N3O/c1-14-17-8-4-5-9-18(17)22(20-14)11-10-19(23)21-12-15-6-2-3-7-16(15)13-21/h2-9H,10-13H2,1H3. The van der Waals surface area contributed by atoms with E-state index in [2.05, 4.69) is 29.4 Å². The molecule has 0 atom stereocenters. The molecule has 0 aliphatic carbocycles. The van der Waals surface area contributed by atoms with Crippen LogP contribution in [0.2, 0.25) is 0 Å². The molecule has 2 heterocycles. The zero-order valence-corrected chi connectivity index (χ0v) is 13.2. The number of amides is 1. The van der Waals surface area contributed by atoms with E-state index in [1.165, 1.54) is 11.1 Å². The smallest absolute Gasteiger partial charge is 0.225 e. The van der Waals surface area contributed by atoms with Gasteiger partial charge in [-0.2, -0.15) is 5.10 Å². The number of aryl methyl sites for hydroxylation is 2. The largest absolute Gasteiger partial charge is 0.334 e. The normalized spacial score (nSPS) is 13.5. The molecule has 0 bridgehead atoms. The quantitative estimate of drug-likeness (QED) is 0.745. The number of carbonyl (C=O) groups is 1. The maximum atomic E-state index is 12.5. The predicted octanol–water partition coefficient (Wildman–Crippen LogP) is 3.28. The lowest BCUT2D eigenvalue weighted by Gasteiger charge is -2.15. The summed E-state index contributed by atoms with van der Waals surface area (Å²) in [4.78, 5) is 14.4. The van der Waals surface area contributed by atoms with Gasteiger partial charge < -0.3 is 4.90 Å². The van der Waals surface area contributed by atoms with Crippen molar-refractivity contribution in [3.63, 3.8) is 0 Å². The molecule has 0 fully saturated rings. The zero-order chi connectivity index (χ0) is 15.8. The Morgan fingerprint density at radius 1 is 1.04 bits per heavy atom. The van der Waals surface area contributed by atoms with E-state index in [4.69, 9.17) is 0 Å². The molecule has 116 valence electrons. The Kier molecular flexibility index (Phi) is 3.37. The van der Waals surface area contributed by atoms with Crippen LogP contribution in [0.15, 0.2) is 48.5 Å². The molecule has 4 heteroatoms. The Morgan fingerprint density at radius 2 is 1.70 bits per heavy atom. The molecule has 0 radical (unpaired) electrons. The number of rotatable bonds is 3. The van der Waals surface area contributed by atoms with Crippen molar-refractivity contribution in [3.8, 4) is 0 Å². The van der Waals surface area contributed by atoms with Gasteiger partial charge in [0.25, 0.3) is 0 Å². The van der Waals surface area contributed by atoms with Crippen LogP contribution in [-0.2, 0) is 24.4 Å². The molecule has 0 saturated heterocycles. The van der Waals surface area contributed by atoms with Crippen LogP contribution in [0.3, 0.4) is 0 Å². The fraction of sp³-hybridized carbons (Fsp3) is 0.263. The maximum Gasteiger partial charge on any atom is 0.225 e.